The Morgan fingerprint density at radius 1 is 1.29 bits per heavy atom. The van der Waals surface area contributed by atoms with Gasteiger partial charge in [-0.1, -0.05) is 38.1 Å². The lowest BCUT2D eigenvalue weighted by molar-refractivity contribution is 0.535. The van der Waals surface area contributed by atoms with Crippen molar-refractivity contribution in [3.63, 3.8) is 0 Å². The Bertz CT molecular complexity index is 323. The van der Waals surface area contributed by atoms with E-state index in [2.05, 4.69) is 48.7 Å². The molecule has 2 heteroatoms. The van der Waals surface area contributed by atoms with Crippen LogP contribution < -0.4 is 10.6 Å². The van der Waals surface area contributed by atoms with E-state index in [0.717, 1.165) is 13.1 Å². The Balaban J connectivity index is 1.74. The van der Waals surface area contributed by atoms with E-state index in [9.17, 15) is 0 Å². The van der Waals surface area contributed by atoms with Crippen molar-refractivity contribution < 1.29 is 0 Å². The maximum absolute atomic E-state index is 3.53. The third-order valence-electron chi connectivity index (χ3n) is 3.53. The topological polar surface area (TPSA) is 24.1 Å². The van der Waals surface area contributed by atoms with Gasteiger partial charge in [-0.2, -0.15) is 0 Å². The van der Waals surface area contributed by atoms with Crippen LogP contribution in [0.4, 0.5) is 0 Å². The molecular weight excluding hydrogens is 208 g/mol. The van der Waals surface area contributed by atoms with Crippen LogP contribution in [-0.4, -0.2) is 19.1 Å². The minimum Gasteiger partial charge on any atom is -0.313 e. The Hall–Kier alpha value is -0.860. The third-order valence-corrected chi connectivity index (χ3v) is 3.53. The number of benzene rings is 1. The molecule has 1 aliphatic rings. The fourth-order valence-corrected chi connectivity index (χ4v) is 2.34. The fourth-order valence-electron chi connectivity index (χ4n) is 2.34. The third kappa shape index (κ3) is 3.83. The molecule has 1 heterocycles. The molecule has 1 fully saturated rings. The molecule has 2 nitrogen and oxygen atoms in total. The molecule has 1 aromatic rings. The molecule has 94 valence electrons. The molecule has 2 N–H and O–H groups in total. The summed E-state index contributed by atoms with van der Waals surface area (Å²) in [5.74, 6) is 0.625. The highest BCUT2D eigenvalue weighted by molar-refractivity contribution is 5.24. The van der Waals surface area contributed by atoms with Crippen molar-refractivity contribution in [2.24, 2.45) is 0 Å². The van der Waals surface area contributed by atoms with Gasteiger partial charge in [0.1, 0.15) is 0 Å². The molecule has 0 bridgehead atoms. The molecule has 1 saturated heterocycles. The van der Waals surface area contributed by atoms with Crippen molar-refractivity contribution in [1.29, 1.82) is 0 Å². The van der Waals surface area contributed by atoms with Crippen LogP contribution in [0.25, 0.3) is 0 Å². The zero-order valence-electron chi connectivity index (χ0n) is 11.0. The van der Waals surface area contributed by atoms with Crippen LogP contribution in [0.2, 0.25) is 0 Å². The maximum Gasteiger partial charge on any atom is 0.0206 e. The van der Waals surface area contributed by atoms with Crippen LogP contribution >= 0.6 is 0 Å². The largest absolute Gasteiger partial charge is 0.313 e. The Kier molecular flexibility index (Phi) is 4.57. The van der Waals surface area contributed by atoms with Gasteiger partial charge >= 0.3 is 0 Å². The summed E-state index contributed by atoms with van der Waals surface area (Å²) in [6, 6.07) is 9.66. The second kappa shape index (κ2) is 6.18. The first kappa shape index (κ1) is 12.6. The Morgan fingerprint density at radius 3 is 2.65 bits per heavy atom. The summed E-state index contributed by atoms with van der Waals surface area (Å²) in [6.07, 6.45) is 2.65. The van der Waals surface area contributed by atoms with Gasteiger partial charge in [0, 0.05) is 19.1 Å². The molecule has 1 unspecified atom stereocenters. The standard InChI is InChI=1S/C15H24N2/c1-12(2)14-7-5-13(6-8-14)10-16-11-15-4-3-9-17-15/h5-8,12,15-17H,3-4,9-11H2,1-2H3. The summed E-state index contributed by atoms with van der Waals surface area (Å²) in [7, 11) is 0. The minimum atomic E-state index is 0.625. The monoisotopic (exact) mass is 232 g/mol. The van der Waals surface area contributed by atoms with Gasteiger partial charge in [-0.05, 0) is 36.4 Å². The van der Waals surface area contributed by atoms with Crippen LogP contribution in [0.15, 0.2) is 24.3 Å². The first-order valence-electron chi connectivity index (χ1n) is 6.78. The van der Waals surface area contributed by atoms with E-state index in [-0.39, 0.29) is 0 Å². The second-order valence-electron chi connectivity index (χ2n) is 5.32. The lowest BCUT2D eigenvalue weighted by Gasteiger charge is -2.12. The first-order valence-corrected chi connectivity index (χ1v) is 6.78. The summed E-state index contributed by atoms with van der Waals surface area (Å²) >= 11 is 0. The molecule has 1 aliphatic heterocycles. The van der Waals surface area contributed by atoms with Gasteiger partial charge in [-0.3, -0.25) is 0 Å². The molecule has 2 rings (SSSR count). The minimum absolute atomic E-state index is 0.625. The summed E-state index contributed by atoms with van der Waals surface area (Å²) in [5.41, 5.74) is 2.80. The van der Waals surface area contributed by atoms with Gasteiger partial charge < -0.3 is 10.6 Å². The van der Waals surface area contributed by atoms with Crippen molar-refractivity contribution in [3.8, 4) is 0 Å². The maximum atomic E-state index is 3.53. The summed E-state index contributed by atoms with van der Waals surface area (Å²) in [5, 5.41) is 7.03. The Labute approximate surface area is 105 Å². The lowest BCUT2D eigenvalue weighted by Crippen LogP contribution is -2.33. The molecule has 0 amide bonds. The summed E-state index contributed by atoms with van der Waals surface area (Å²) in [6.45, 7) is 7.73. The van der Waals surface area contributed by atoms with Crippen LogP contribution in [0, 0.1) is 0 Å². The summed E-state index contributed by atoms with van der Waals surface area (Å²) in [4.78, 5) is 0. The molecule has 0 saturated carbocycles. The number of rotatable bonds is 5. The number of hydrogen-bond donors (Lipinski definition) is 2. The van der Waals surface area contributed by atoms with Gasteiger partial charge in [0.15, 0.2) is 0 Å². The second-order valence-corrected chi connectivity index (χ2v) is 5.32. The number of nitrogens with one attached hydrogen (secondary N) is 2. The van der Waals surface area contributed by atoms with Crippen molar-refractivity contribution in [2.45, 2.75) is 45.2 Å². The van der Waals surface area contributed by atoms with E-state index in [1.54, 1.807) is 0 Å². The predicted octanol–water partition coefficient (Wildman–Crippen LogP) is 2.65. The zero-order chi connectivity index (χ0) is 12.1. The van der Waals surface area contributed by atoms with Gasteiger partial charge in [-0.25, -0.2) is 0 Å². The molecule has 0 radical (unpaired) electrons. The molecule has 0 aliphatic carbocycles. The van der Waals surface area contributed by atoms with E-state index in [0.29, 0.717) is 12.0 Å². The molecule has 1 atom stereocenters. The van der Waals surface area contributed by atoms with Crippen molar-refractivity contribution in [2.75, 3.05) is 13.1 Å². The van der Waals surface area contributed by atoms with Crippen molar-refractivity contribution >= 4 is 0 Å². The van der Waals surface area contributed by atoms with E-state index >= 15 is 0 Å². The predicted molar refractivity (Wildman–Crippen MR) is 73.3 cm³/mol. The molecule has 17 heavy (non-hydrogen) atoms. The fraction of sp³-hybridized carbons (Fsp3) is 0.600. The quantitative estimate of drug-likeness (QED) is 0.815. The first-order chi connectivity index (χ1) is 8.25. The van der Waals surface area contributed by atoms with Crippen LogP contribution in [-0.2, 0) is 6.54 Å². The zero-order valence-corrected chi connectivity index (χ0v) is 11.0. The van der Waals surface area contributed by atoms with E-state index in [4.69, 9.17) is 0 Å². The lowest BCUT2D eigenvalue weighted by atomic mass is 10.0. The van der Waals surface area contributed by atoms with Gasteiger partial charge in [0.05, 0.1) is 0 Å². The highest BCUT2D eigenvalue weighted by Crippen LogP contribution is 2.14. The molecule has 1 aromatic carbocycles. The highest BCUT2D eigenvalue weighted by atomic mass is 15.0. The Morgan fingerprint density at radius 2 is 2.06 bits per heavy atom. The van der Waals surface area contributed by atoms with Crippen molar-refractivity contribution in [1.82, 2.24) is 10.6 Å². The average Bonchev–Trinajstić information content (AvgIpc) is 2.83. The van der Waals surface area contributed by atoms with Crippen LogP contribution in [0.1, 0.15) is 43.7 Å². The van der Waals surface area contributed by atoms with E-state index < -0.39 is 0 Å². The molecule has 0 spiro atoms. The van der Waals surface area contributed by atoms with Gasteiger partial charge in [0.2, 0.25) is 0 Å². The normalized spacial score (nSPS) is 20.1. The summed E-state index contributed by atoms with van der Waals surface area (Å²) < 4.78 is 0. The van der Waals surface area contributed by atoms with Crippen LogP contribution in [0.5, 0.6) is 0 Å². The van der Waals surface area contributed by atoms with Gasteiger partial charge in [-0.15, -0.1) is 0 Å². The van der Waals surface area contributed by atoms with E-state index in [1.807, 2.05) is 0 Å². The average molecular weight is 232 g/mol. The SMILES string of the molecule is CC(C)c1ccc(CNCC2CCCN2)cc1. The smallest absolute Gasteiger partial charge is 0.0206 e. The van der Waals surface area contributed by atoms with Crippen LogP contribution in [0.3, 0.4) is 0 Å². The van der Waals surface area contributed by atoms with Gasteiger partial charge in [0.25, 0.3) is 0 Å². The molecule has 0 aromatic heterocycles. The molecular formula is C15H24N2. The number of hydrogen-bond acceptors (Lipinski definition) is 2. The van der Waals surface area contributed by atoms with Crippen molar-refractivity contribution in [3.05, 3.63) is 35.4 Å². The van der Waals surface area contributed by atoms with E-state index in [1.165, 1.54) is 30.5 Å². The highest BCUT2D eigenvalue weighted by Gasteiger charge is 2.12.